The molecule has 0 saturated heterocycles. The van der Waals surface area contributed by atoms with Crippen LogP contribution in [0.15, 0.2) is 46.0 Å². The zero-order chi connectivity index (χ0) is 21.0. The molecule has 1 atom stereocenters. The van der Waals surface area contributed by atoms with E-state index in [4.69, 9.17) is 32.4 Å². The van der Waals surface area contributed by atoms with Gasteiger partial charge >= 0.3 is 0 Å². The second-order valence-corrected chi connectivity index (χ2v) is 7.81. The second-order valence-electron chi connectivity index (χ2n) is 6.04. The third-order valence-electron chi connectivity index (χ3n) is 3.77. The van der Waals surface area contributed by atoms with Crippen LogP contribution in [0.1, 0.15) is 24.5 Å². The van der Waals surface area contributed by atoms with Crippen LogP contribution in [-0.4, -0.2) is 21.9 Å². The van der Waals surface area contributed by atoms with Crippen molar-refractivity contribution in [1.29, 1.82) is 0 Å². The van der Waals surface area contributed by atoms with Crippen LogP contribution >= 0.6 is 35.0 Å². The first kappa shape index (κ1) is 21.4. The Morgan fingerprint density at radius 3 is 2.83 bits per heavy atom. The van der Waals surface area contributed by atoms with E-state index in [0.717, 1.165) is 17.3 Å². The Balaban J connectivity index is 1.55. The molecule has 3 aromatic rings. The fraction of sp³-hybridized carbons (Fsp3) is 0.211. The molecule has 0 bridgehead atoms. The molecule has 1 aromatic heterocycles. The van der Waals surface area contributed by atoms with Crippen molar-refractivity contribution in [2.24, 2.45) is 0 Å². The molecule has 0 saturated carbocycles. The molecule has 2 aromatic carbocycles. The highest BCUT2D eigenvalue weighted by molar-refractivity contribution is 7.99. The van der Waals surface area contributed by atoms with Crippen molar-refractivity contribution in [2.45, 2.75) is 25.2 Å². The summed E-state index contributed by atoms with van der Waals surface area (Å²) in [6.45, 7) is 3.51. The van der Waals surface area contributed by atoms with Crippen LogP contribution in [0, 0.1) is 12.7 Å². The normalized spacial score (nSPS) is 11.9. The number of rotatable bonds is 7. The molecular formula is C19H16Cl2FN3O3S. The number of aromatic nitrogens is 2. The SMILES string of the molecule is Cc1ccc(F)cc1NC(=O)CSc1nnc([C@@H](C)Oc2ccc(Cl)cc2Cl)o1. The Morgan fingerprint density at radius 1 is 1.28 bits per heavy atom. The van der Waals surface area contributed by atoms with E-state index in [1.807, 2.05) is 0 Å². The summed E-state index contributed by atoms with van der Waals surface area (Å²) in [4.78, 5) is 12.1. The topological polar surface area (TPSA) is 77.2 Å². The summed E-state index contributed by atoms with van der Waals surface area (Å²) >= 11 is 13.0. The van der Waals surface area contributed by atoms with Crippen LogP contribution in [0.3, 0.4) is 0 Å². The minimum Gasteiger partial charge on any atom is -0.479 e. The maximum absolute atomic E-state index is 13.3. The fourth-order valence-electron chi connectivity index (χ4n) is 2.30. The van der Waals surface area contributed by atoms with Gasteiger partial charge in [-0.25, -0.2) is 4.39 Å². The summed E-state index contributed by atoms with van der Waals surface area (Å²) in [7, 11) is 0. The molecule has 29 heavy (non-hydrogen) atoms. The van der Waals surface area contributed by atoms with Gasteiger partial charge in [-0.3, -0.25) is 4.79 Å². The van der Waals surface area contributed by atoms with Crippen LogP contribution in [0.25, 0.3) is 0 Å². The minimum absolute atomic E-state index is 0.0236. The van der Waals surface area contributed by atoms with E-state index in [0.29, 0.717) is 21.5 Å². The number of nitrogens with zero attached hydrogens (tertiary/aromatic N) is 2. The number of carbonyl (C=O) groups is 1. The molecule has 1 N–H and O–H groups in total. The third-order valence-corrected chi connectivity index (χ3v) is 5.12. The van der Waals surface area contributed by atoms with Gasteiger partial charge in [0, 0.05) is 10.7 Å². The molecule has 6 nitrogen and oxygen atoms in total. The maximum atomic E-state index is 13.3. The lowest BCUT2D eigenvalue weighted by molar-refractivity contribution is -0.113. The average Bonchev–Trinajstić information content (AvgIpc) is 3.14. The zero-order valence-electron chi connectivity index (χ0n) is 15.4. The molecule has 1 amide bonds. The second kappa shape index (κ2) is 9.47. The smallest absolute Gasteiger partial charge is 0.277 e. The van der Waals surface area contributed by atoms with Gasteiger partial charge in [0.15, 0.2) is 6.10 Å². The van der Waals surface area contributed by atoms with E-state index in [9.17, 15) is 9.18 Å². The summed E-state index contributed by atoms with van der Waals surface area (Å²) in [5.74, 6) is -0.0492. The molecule has 10 heteroatoms. The number of halogens is 3. The number of hydrogen-bond donors (Lipinski definition) is 1. The molecule has 0 fully saturated rings. The van der Waals surface area contributed by atoms with Gasteiger partial charge < -0.3 is 14.5 Å². The average molecular weight is 456 g/mol. The van der Waals surface area contributed by atoms with Crippen LogP contribution in [0.4, 0.5) is 10.1 Å². The highest BCUT2D eigenvalue weighted by atomic mass is 35.5. The Bertz CT molecular complexity index is 1030. The predicted octanol–water partition coefficient (Wildman–Crippen LogP) is 5.69. The molecule has 1 heterocycles. The summed E-state index contributed by atoms with van der Waals surface area (Å²) < 4.78 is 24.6. The molecule has 0 aliphatic rings. The molecule has 152 valence electrons. The van der Waals surface area contributed by atoms with Crippen molar-refractivity contribution in [3.8, 4) is 5.75 Å². The number of thioether (sulfide) groups is 1. The van der Waals surface area contributed by atoms with E-state index in [2.05, 4.69) is 15.5 Å². The van der Waals surface area contributed by atoms with E-state index in [1.54, 1.807) is 38.1 Å². The van der Waals surface area contributed by atoms with Crippen molar-refractivity contribution < 1.29 is 18.3 Å². The van der Waals surface area contributed by atoms with Gasteiger partial charge in [-0.1, -0.05) is 41.0 Å². The van der Waals surface area contributed by atoms with Gasteiger partial charge in [0.2, 0.25) is 5.91 Å². The summed E-state index contributed by atoms with van der Waals surface area (Å²) in [6.07, 6.45) is -0.556. The molecule has 3 rings (SSSR count). The standard InChI is InChI=1S/C19H16Cl2FN3O3S/c1-10-3-5-13(22)8-15(10)23-17(26)9-29-19-25-24-18(28-19)11(2)27-16-6-4-12(20)7-14(16)21/h3-8,11H,9H2,1-2H3,(H,23,26)/t11-/m1/s1. The first-order valence-electron chi connectivity index (χ1n) is 8.45. The van der Waals surface area contributed by atoms with E-state index >= 15 is 0 Å². The van der Waals surface area contributed by atoms with Crippen molar-refractivity contribution in [1.82, 2.24) is 10.2 Å². The van der Waals surface area contributed by atoms with Crippen LogP contribution in [0.5, 0.6) is 5.75 Å². The number of anilines is 1. The highest BCUT2D eigenvalue weighted by Gasteiger charge is 2.18. The van der Waals surface area contributed by atoms with Crippen LogP contribution in [-0.2, 0) is 4.79 Å². The number of amides is 1. The van der Waals surface area contributed by atoms with E-state index < -0.39 is 11.9 Å². The predicted molar refractivity (Wildman–Crippen MR) is 110 cm³/mol. The third kappa shape index (κ3) is 5.85. The number of nitrogens with one attached hydrogen (secondary N) is 1. The Kier molecular flexibility index (Phi) is 7.00. The van der Waals surface area contributed by atoms with Gasteiger partial charge in [0.25, 0.3) is 11.1 Å². The minimum atomic E-state index is -0.556. The van der Waals surface area contributed by atoms with Gasteiger partial charge in [-0.05, 0) is 49.7 Å². The Hall–Kier alpha value is -2.29. The molecule has 0 unspecified atom stereocenters. The maximum Gasteiger partial charge on any atom is 0.277 e. The van der Waals surface area contributed by atoms with E-state index in [1.165, 1.54) is 12.1 Å². The Morgan fingerprint density at radius 2 is 2.07 bits per heavy atom. The Labute approximate surface area is 180 Å². The molecule has 0 spiro atoms. The zero-order valence-corrected chi connectivity index (χ0v) is 17.7. The summed E-state index contributed by atoms with van der Waals surface area (Å²) in [5.41, 5.74) is 1.18. The number of hydrogen-bond acceptors (Lipinski definition) is 6. The van der Waals surface area contributed by atoms with Crippen LogP contribution < -0.4 is 10.1 Å². The van der Waals surface area contributed by atoms with Gasteiger partial charge in [0.1, 0.15) is 11.6 Å². The largest absolute Gasteiger partial charge is 0.479 e. The number of aryl methyl sites for hydroxylation is 1. The fourth-order valence-corrected chi connectivity index (χ4v) is 3.32. The first-order valence-corrected chi connectivity index (χ1v) is 10.2. The quantitative estimate of drug-likeness (QED) is 0.460. The lowest BCUT2D eigenvalue weighted by Crippen LogP contribution is -2.15. The number of carbonyl (C=O) groups excluding carboxylic acids is 1. The van der Waals surface area contributed by atoms with Crippen molar-refractivity contribution in [3.63, 3.8) is 0 Å². The summed E-state index contributed by atoms with van der Waals surface area (Å²) in [5, 5.41) is 11.6. The van der Waals surface area contributed by atoms with Crippen molar-refractivity contribution >= 4 is 46.6 Å². The van der Waals surface area contributed by atoms with Crippen LogP contribution in [0.2, 0.25) is 10.0 Å². The van der Waals surface area contributed by atoms with E-state index in [-0.39, 0.29) is 22.8 Å². The molecule has 0 aliphatic heterocycles. The van der Waals surface area contributed by atoms with Crippen molar-refractivity contribution in [2.75, 3.05) is 11.1 Å². The first-order chi connectivity index (χ1) is 13.8. The highest BCUT2D eigenvalue weighted by Crippen LogP contribution is 2.31. The van der Waals surface area contributed by atoms with Crippen molar-refractivity contribution in [3.05, 3.63) is 63.7 Å². The van der Waals surface area contributed by atoms with Gasteiger partial charge in [-0.2, -0.15) is 0 Å². The van der Waals surface area contributed by atoms with Gasteiger partial charge in [-0.15, -0.1) is 10.2 Å². The lowest BCUT2D eigenvalue weighted by Gasteiger charge is -2.12. The number of benzene rings is 2. The molecule has 0 radical (unpaired) electrons. The summed E-state index contributed by atoms with van der Waals surface area (Å²) in [6, 6.07) is 9.06. The molecule has 0 aliphatic carbocycles. The van der Waals surface area contributed by atoms with Gasteiger partial charge in [0.05, 0.1) is 10.8 Å². The lowest BCUT2D eigenvalue weighted by atomic mass is 10.2. The molecular weight excluding hydrogens is 440 g/mol. The number of ether oxygens (including phenoxy) is 1. The monoisotopic (exact) mass is 455 g/mol.